The predicted molar refractivity (Wildman–Crippen MR) is 123 cm³/mol. The van der Waals surface area contributed by atoms with Gasteiger partial charge in [-0.15, -0.1) is 0 Å². The molecule has 0 spiro atoms. The third-order valence-electron chi connectivity index (χ3n) is 6.34. The monoisotopic (exact) mass is 552 g/mol. The Morgan fingerprint density at radius 1 is 1.06 bits per heavy atom. The average molecular weight is 553 g/mol. The Morgan fingerprint density at radius 2 is 1.72 bits per heavy atom. The van der Waals surface area contributed by atoms with Crippen LogP contribution in [0.1, 0.15) is 24.8 Å². The van der Waals surface area contributed by atoms with E-state index in [-0.39, 0.29) is 28.5 Å². The lowest BCUT2D eigenvalue weighted by molar-refractivity contribution is -0.137. The SMILES string of the molecule is CS(=O)(=O)c1cc(F)c(N[C@H]2CCN(C3CCN(c4ncc(C(F)(F)F)cc4Cl)CC3)C2=O)cc1F. The number of anilines is 2. The van der Waals surface area contributed by atoms with Gasteiger partial charge in [0.05, 0.1) is 16.3 Å². The Balaban J connectivity index is 1.38. The summed E-state index contributed by atoms with van der Waals surface area (Å²) in [5, 5.41) is 2.57. The van der Waals surface area contributed by atoms with Crippen LogP contribution in [0.15, 0.2) is 29.3 Å². The minimum Gasteiger partial charge on any atom is -0.371 e. The summed E-state index contributed by atoms with van der Waals surface area (Å²) in [4.78, 5) is 19.5. The second-order valence-corrected chi connectivity index (χ2v) is 11.2. The highest BCUT2D eigenvalue weighted by Gasteiger charge is 2.38. The van der Waals surface area contributed by atoms with Crippen molar-refractivity contribution in [3.63, 3.8) is 0 Å². The minimum absolute atomic E-state index is 0.110. The molecule has 2 saturated heterocycles. The maximum atomic E-state index is 14.4. The number of pyridine rings is 1. The van der Waals surface area contributed by atoms with Gasteiger partial charge in [0.15, 0.2) is 9.84 Å². The van der Waals surface area contributed by atoms with E-state index in [1.54, 1.807) is 9.80 Å². The van der Waals surface area contributed by atoms with Gasteiger partial charge in [-0.25, -0.2) is 22.2 Å². The van der Waals surface area contributed by atoms with Gasteiger partial charge in [-0.1, -0.05) is 11.6 Å². The molecule has 4 rings (SSSR count). The highest BCUT2D eigenvalue weighted by atomic mass is 35.5. The molecule has 0 saturated carbocycles. The maximum absolute atomic E-state index is 14.4. The lowest BCUT2D eigenvalue weighted by Crippen LogP contribution is -2.47. The standard InChI is InChI=1S/C22H22ClF5N4O3S/c1-36(34,35)19-10-15(24)18(9-16(19)25)30-17-4-7-32(21(17)33)13-2-5-31(6-3-13)20-14(23)8-12(11-29-20)22(26,27)28/h8-11,13,17,30H,2-7H2,1H3/t17-/m0/s1. The van der Waals surface area contributed by atoms with Crippen LogP contribution >= 0.6 is 11.6 Å². The second-order valence-electron chi connectivity index (χ2n) is 8.80. The number of amides is 1. The van der Waals surface area contributed by atoms with Gasteiger partial charge in [-0.05, 0) is 31.4 Å². The predicted octanol–water partition coefficient (Wildman–Crippen LogP) is 4.12. The first-order valence-corrected chi connectivity index (χ1v) is 13.3. The molecule has 14 heteroatoms. The smallest absolute Gasteiger partial charge is 0.371 e. The van der Waals surface area contributed by atoms with E-state index in [4.69, 9.17) is 11.6 Å². The molecule has 3 heterocycles. The zero-order valence-corrected chi connectivity index (χ0v) is 20.5. The Kier molecular flexibility index (Phi) is 7.08. The van der Waals surface area contributed by atoms with Crippen LogP contribution in [0, 0.1) is 11.6 Å². The van der Waals surface area contributed by atoms with Gasteiger partial charge in [0, 0.05) is 44.2 Å². The topological polar surface area (TPSA) is 82.6 Å². The molecule has 1 aromatic heterocycles. The van der Waals surface area contributed by atoms with E-state index in [0.29, 0.717) is 45.0 Å². The number of nitrogens with one attached hydrogen (secondary N) is 1. The summed E-state index contributed by atoms with van der Waals surface area (Å²) < 4.78 is 90.3. The summed E-state index contributed by atoms with van der Waals surface area (Å²) in [6.07, 6.45) is -1.68. The summed E-state index contributed by atoms with van der Waals surface area (Å²) >= 11 is 6.04. The molecule has 1 atom stereocenters. The first kappa shape index (κ1) is 26.4. The summed E-state index contributed by atoms with van der Waals surface area (Å²) in [6, 6.07) is 1.18. The van der Waals surface area contributed by atoms with Gasteiger partial charge in [-0.2, -0.15) is 13.2 Å². The molecule has 1 N–H and O–H groups in total. The molecule has 0 unspecified atom stereocenters. The highest BCUT2D eigenvalue weighted by molar-refractivity contribution is 7.90. The van der Waals surface area contributed by atoms with Gasteiger partial charge in [0.25, 0.3) is 0 Å². The lowest BCUT2D eigenvalue weighted by atomic mass is 10.0. The molecule has 36 heavy (non-hydrogen) atoms. The van der Waals surface area contributed by atoms with Crippen LogP contribution in [0.25, 0.3) is 0 Å². The average Bonchev–Trinajstić information content (AvgIpc) is 3.14. The minimum atomic E-state index is -4.55. The van der Waals surface area contributed by atoms with Crippen molar-refractivity contribution in [1.82, 2.24) is 9.88 Å². The highest BCUT2D eigenvalue weighted by Crippen LogP contribution is 2.35. The fraction of sp³-hybridized carbons (Fsp3) is 0.455. The van der Waals surface area contributed by atoms with E-state index in [1.807, 2.05) is 0 Å². The number of hydrogen-bond acceptors (Lipinski definition) is 6. The number of nitrogens with zero attached hydrogens (tertiary/aromatic N) is 3. The van der Waals surface area contributed by atoms with Crippen LogP contribution in [0.3, 0.4) is 0 Å². The molecule has 0 aliphatic carbocycles. The van der Waals surface area contributed by atoms with Crippen LogP contribution < -0.4 is 10.2 Å². The van der Waals surface area contributed by atoms with E-state index in [0.717, 1.165) is 24.6 Å². The van der Waals surface area contributed by atoms with Gasteiger partial charge in [-0.3, -0.25) is 4.79 Å². The van der Waals surface area contributed by atoms with Crippen molar-refractivity contribution < 1.29 is 35.2 Å². The fourth-order valence-corrected chi connectivity index (χ4v) is 5.53. The molecule has 2 aromatic rings. The van der Waals surface area contributed by atoms with Gasteiger partial charge >= 0.3 is 6.18 Å². The first-order chi connectivity index (χ1) is 16.8. The number of benzene rings is 1. The number of alkyl halides is 3. The number of rotatable bonds is 5. The van der Waals surface area contributed by atoms with Crippen LogP contribution in [0.4, 0.5) is 33.5 Å². The van der Waals surface area contributed by atoms with Crippen LogP contribution in [-0.4, -0.2) is 62.2 Å². The number of halogens is 6. The summed E-state index contributed by atoms with van der Waals surface area (Å²) in [6.45, 7) is 1.21. The number of sulfone groups is 1. The van der Waals surface area contributed by atoms with E-state index in [9.17, 15) is 35.2 Å². The largest absolute Gasteiger partial charge is 0.417 e. The Labute approximate surface area is 209 Å². The molecular weight excluding hydrogens is 531 g/mol. The van der Waals surface area contributed by atoms with Gasteiger partial charge < -0.3 is 15.1 Å². The molecule has 7 nitrogen and oxygen atoms in total. The molecule has 2 fully saturated rings. The van der Waals surface area contributed by atoms with E-state index >= 15 is 0 Å². The third kappa shape index (κ3) is 5.36. The normalized spacial score (nSPS) is 19.8. The van der Waals surface area contributed by atoms with Crippen molar-refractivity contribution in [2.75, 3.05) is 36.1 Å². The molecule has 196 valence electrons. The zero-order chi connectivity index (χ0) is 26.4. The second kappa shape index (κ2) is 9.66. The van der Waals surface area contributed by atoms with Crippen molar-refractivity contribution >= 4 is 38.9 Å². The fourth-order valence-electron chi connectivity index (χ4n) is 4.52. The zero-order valence-electron chi connectivity index (χ0n) is 18.9. The summed E-state index contributed by atoms with van der Waals surface area (Å²) in [5.74, 6) is -2.17. The van der Waals surface area contributed by atoms with Crippen molar-refractivity contribution in [1.29, 1.82) is 0 Å². The van der Waals surface area contributed by atoms with Gasteiger partial charge in [0.2, 0.25) is 5.91 Å². The van der Waals surface area contributed by atoms with Crippen LogP contribution in [0.2, 0.25) is 5.02 Å². The molecule has 0 bridgehead atoms. The number of carbonyl (C=O) groups excluding carboxylic acids is 1. The van der Waals surface area contributed by atoms with Crippen molar-refractivity contribution in [2.45, 2.75) is 42.4 Å². The first-order valence-electron chi connectivity index (χ1n) is 11.0. The Bertz CT molecular complexity index is 1280. The quantitative estimate of drug-likeness (QED) is 0.562. The van der Waals surface area contributed by atoms with Crippen molar-refractivity contribution in [2.24, 2.45) is 0 Å². The molecule has 2 aliphatic rings. The number of piperidine rings is 1. The molecule has 0 radical (unpaired) electrons. The van der Waals surface area contributed by atoms with Crippen molar-refractivity contribution in [3.05, 3.63) is 46.6 Å². The number of aromatic nitrogens is 1. The maximum Gasteiger partial charge on any atom is 0.417 e. The Hall–Kier alpha value is -2.67. The number of carbonyl (C=O) groups is 1. The molecule has 1 amide bonds. The summed E-state index contributed by atoms with van der Waals surface area (Å²) in [7, 11) is -3.95. The van der Waals surface area contributed by atoms with Gasteiger partial charge in [0.1, 0.15) is 28.4 Å². The molecule has 1 aromatic carbocycles. The Morgan fingerprint density at radius 3 is 2.31 bits per heavy atom. The number of hydrogen-bond donors (Lipinski definition) is 1. The van der Waals surface area contributed by atoms with E-state index in [1.165, 1.54) is 0 Å². The molecule has 2 aliphatic heterocycles. The van der Waals surface area contributed by atoms with Crippen molar-refractivity contribution in [3.8, 4) is 0 Å². The van der Waals surface area contributed by atoms with Crippen LogP contribution in [-0.2, 0) is 20.8 Å². The summed E-state index contributed by atoms with van der Waals surface area (Å²) in [5.41, 5.74) is -1.24. The van der Waals surface area contributed by atoms with Crippen LogP contribution in [0.5, 0.6) is 0 Å². The van der Waals surface area contributed by atoms with E-state index in [2.05, 4.69) is 10.3 Å². The van der Waals surface area contributed by atoms with E-state index < -0.39 is 44.1 Å². The lowest BCUT2D eigenvalue weighted by Gasteiger charge is -2.37. The number of likely N-dealkylation sites (tertiary alicyclic amines) is 1. The third-order valence-corrected chi connectivity index (χ3v) is 7.73. The molecular formula is C22H22ClF5N4O3S.